The van der Waals surface area contributed by atoms with E-state index in [1.807, 2.05) is 71.3 Å². The summed E-state index contributed by atoms with van der Waals surface area (Å²) in [4.78, 5) is 28.7. The summed E-state index contributed by atoms with van der Waals surface area (Å²) >= 11 is 0. The molecular formula is C20H23N3O3. The predicted octanol–water partition coefficient (Wildman–Crippen LogP) is 2.00. The molecule has 2 N–H and O–H groups in total. The third kappa shape index (κ3) is 3.92. The molecule has 6 nitrogen and oxygen atoms in total. The van der Waals surface area contributed by atoms with Crippen LogP contribution in [-0.2, 0) is 4.79 Å². The summed E-state index contributed by atoms with van der Waals surface area (Å²) in [5.41, 5.74) is 4.32. The van der Waals surface area contributed by atoms with Gasteiger partial charge in [-0.3, -0.25) is 19.7 Å². The van der Waals surface area contributed by atoms with Crippen molar-refractivity contribution in [2.24, 2.45) is 0 Å². The third-order valence-corrected chi connectivity index (χ3v) is 4.71. The van der Waals surface area contributed by atoms with Crippen LogP contribution in [0, 0.1) is 6.92 Å². The number of hydrogen-bond acceptors (Lipinski definition) is 4. The van der Waals surface area contributed by atoms with Crippen molar-refractivity contribution >= 4 is 11.8 Å². The number of aryl methyl sites for hydroxylation is 1. The zero-order valence-corrected chi connectivity index (χ0v) is 14.8. The summed E-state index contributed by atoms with van der Waals surface area (Å²) in [6.07, 6.45) is 0. The summed E-state index contributed by atoms with van der Waals surface area (Å²) in [6.45, 7) is 4.16. The lowest BCUT2D eigenvalue weighted by Crippen LogP contribution is -2.52. The quantitative estimate of drug-likeness (QED) is 0.651. The molecule has 1 aliphatic rings. The van der Waals surface area contributed by atoms with E-state index < -0.39 is 11.9 Å². The number of nitrogens with one attached hydrogen (secondary N) is 1. The Hall–Kier alpha value is -2.70. The number of nitrogens with zero attached hydrogens (tertiary/aromatic N) is 2. The molecule has 1 aliphatic heterocycles. The third-order valence-electron chi connectivity index (χ3n) is 4.71. The summed E-state index contributed by atoms with van der Waals surface area (Å²) in [5, 5.41) is 9.12. The van der Waals surface area contributed by atoms with E-state index in [1.165, 1.54) is 0 Å². The lowest BCUT2D eigenvalue weighted by atomic mass is 10.0. The minimum atomic E-state index is -0.572. The monoisotopic (exact) mass is 353 g/mol. The van der Waals surface area contributed by atoms with Crippen molar-refractivity contribution in [2.75, 3.05) is 26.2 Å². The van der Waals surface area contributed by atoms with Crippen LogP contribution >= 0.6 is 0 Å². The zero-order valence-electron chi connectivity index (χ0n) is 14.8. The van der Waals surface area contributed by atoms with Gasteiger partial charge in [-0.25, -0.2) is 5.48 Å². The van der Waals surface area contributed by atoms with Gasteiger partial charge in [0.1, 0.15) is 6.04 Å². The molecule has 1 heterocycles. The normalized spacial score (nSPS) is 16.2. The zero-order chi connectivity index (χ0) is 18.5. The molecule has 2 aromatic rings. The SMILES string of the molecule is Cc1cccc(C(=O)N2CCN(C(C(=O)NO)c3ccccc3)CC2)c1. The highest BCUT2D eigenvalue weighted by Crippen LogP contribution is 2.23. The highest BCUT2D eigenvalue weighted by atomic mass is 16.5. The molecule has 0 saturated carbocycles. The van der Waals surface area contributed by atoms with E-state index >= 15 is 0 Å². The highest BCUT2D eigenvalue weighted by Gasteiger charge is 2.31. The number of carbonyl (C=O) groups is 2. The fraction of sp³-hybridized carbons (Fsp3) is 0.300. The Morgan fingerprint density at radius 3 is 2.31 bits per heavy atom. The van der Waals surface area contributed by atoms with Crippen LogP contribution in [0.1, 0.15) is 27.5 Å². The van der Waals surface area contributed by atoms with Gasteiger partial charge in [-0.15, -0.1) is 0 Å². The molecular weight excluding hydrogens is 330 g/mol. The Bertz CT molecular complexity index is 771. The van der Waals surface area contributed by atoms with Crippen molar-refractivity contribution < 1.29 is 14.8 Å². The molecule has 3 rings (SSSR count). The van der Waals surface area contributed by atoms with Crippen molar-refractivity contribution in [3.8, 4) is 0 Å². The molecule has 0 bridgehead atoms. The van der Waals surface area contributed by atoms with Crippen molar-refractivity contribution in [1.29, 1.82) is 0 Å². The average molecular weight is 353 g/mol. The summed E-state index contributed by atoms with van der Waals surface area (Å²) < 4.78 is 0. The van der Waals surface area contributed by atoms with E-state index in [4.69, 9.17) is 5.21 Å². The fourth-order valence-electron chi connectivity index (χ4n) is 3.37. The smallest absolute Gasteiger partial charge is 0.265 e. The molecule has 26 heavy (non-hydrogen) atoms. The number of hydrogen-bond donors (Lipinski definition) is 2. The average Bonchev–Trinajstić information content (AvgIpc) is 2.69. The van der Waals surface area contributed by atoms with Crippen LogP contribution in [-0.4, -0.2) is 53.0 Å². The minimum Gasteiger partial charge on any atom is -0.336 e. The number of piperazine rings is 1. The van der Waals surface area contributed by atoms with E-state index in [9.17, 15) is 9.59 Å². The molecule has 1 saturated heterocycles. The van der Waals surface area contributed by atoms with Gasteiger partial charge in [0.15, 0.2) is 0 Å². The van der Waals surface area contributed by atoms with E-state index in [0.717, 1.165) is 11.1 Å². The lowest BCUT2D eigenvalue weighted by Gasteiger charge is -2.38. The predicted molar refractivity (Wildman–Crippen MR) is 97.8 cm³/mol. The molecule has 6 heteroatoms. The topological polar surface area (TPSA) is 72.9 Å². The largest absolute Gasteiger partial charge is 0.336 e. The first-order valence-electron chi connectivity index (χ1n) is 8.69. The number of hydroxylamine groups is 1. The second-order valence-corrected chi connectivity index (χ2v) is 6.49. The first kappa shape index (κ1) is 18.1. The Morgan fingerprint density at radius 1 is 1.00 bits per heavy atom. The van der Waals surface area contributed by atoms with Gasteiger partial charge in [-0.05, 0) is 24.6 Å². The van der Waals surface area contributed by atoms with Gasteiger partial charge in [0.05, 0.1) is 0 Å². The maximum atomic E-state index is 12.7. The van der Waals surface area contributed by atoms with Crippen LogP contribution in [0.25, 0.3) is 0 Å². The summed E-state index contributed by atoms with van der Waals surface area (Å²) in [5.74, 6) is -0.453. The highest BCUT2D eigenvalue weighted by molar-refractivity contribution is 5.94. The summed E-state index contributed by atoms with van der Waals surface area (Å²) in [6, 6.07) is 16.3. The lowest BCUT2D eigenvalue weighted by molar-refractivity contribution is -0.135. The van der Waals surface area contributed by atoms with E-state index in [-0.39, 0.29) is 5.91 Å². The van der Waals surface area contributed by atoms with Crippen LogP contribution in [0.15, 0.2) is 54.6 Å². The maximum absolute atomic E-state index is 12.7. The van der Waals surface area contributed by atoms with Gasteiger partial charge in [0, 0.05) is 31.7 Å². The van der Waals surface area contributed by atoms with Gasteiger partial charge in [-0.1, -0.05) is 48.0 Å². The van der Waals surface area contributed by atoms with Crippen molar-refractivity contribution in [3.05, 3.63) is 71.3 Å². The minimum absolute atomic E-state index is 0.0104. The van der Waals surface area contributed by atoms with Gasteiger partial charge in [0.2, 0.25) is 0 Å². The Labute approximate surface area is 153 Å². The van der Waals surface area contributed by atoms with Crippen LogP contribution in [0.5, 0.6) is 0 Å². The van der Waals surface area contributed by atoms with E-state index in [0.29, 0.717) is 31.7 Å². The fourth-order valence-corrected chi connectivity index (χ4v) is 3.37. The van der Waals surface area contributed by atoms with Crippen LogP contribution in [0.2, 0.25) is 0 Å². The van der Waals surface area contributed by atoms with Gasteiger partial charge in [-0.2, -0.15) is 0 Å². The van der Waals surface area contributed by atoms with Crippen LogP contribution in [0.3, 0.4) is 0 Å². The second-order valence-electron chi connectivity index (χ2n) is 6.49. The second kappa shape index (κ2) is 8.12. The number of benzene rings is 2. The molecule has 0 aromatic heterocycles. The first-order valence-corrected chi connectivity index (χ1v) is 8.69. The summed E-state index contributed by atoms with van der Waals surface area (Å²) in [7, 11) is 0. The maximum Gasteiger partial charge on any atom is 0.265 e. The Kier molecular flexibility index (Phi) is 5.65. The number of carbonyl (C=O) groups excluding carboxylic acids is 2. The molecule has 2 aromatic carbocycles. The van der Waals surface area contributed by atoms with Crippen molar-refractivity contribution in [3.63, 3.8) is 0 Å². The van der Waals surface area contributed by atoms with E-state index in [1.54, 1.807) is 5.48 Å². The standard InChI is InChI=1S/C20H23N3O3/c1-15-6-5-9-17(14-15)20(25)23-12-10-22(11-13-23)18(19(24)21-26)16-7-3-2-4-8-16/h2-9,14,18,26H,10-13H2,1H3,(H,21,24). The first-order chi connectivity index (χ1) is 12.6. The van der Waals surface area contributed by atoms with Gasteiger partial charge < -0.3 is 4.90 Å². The van der Waals surface area contributed by atoms with Crippen LogP contribution in [0.4, 0.5) is 0 Å². The molecule has 0 radical (unpaired) electrons. The van der Waals surface area contributed by atoms with Gasteiger partial charge >= 0.3 is 0 Å². The molecule has 0 aliphatic carbocycles. The Morgan fingerprint density at radius 2 is 1.69 bits per heavy atom. The van der Waals surface area contributed by atoms with E-state index in [2.05, 4.69) is 0 Å². The number of rotatable bonds is 4. The molecule has 1 unspecified atom stereocenters. The van der Waals surface area contributed by atoms with Crippen molar-refractivity contribution in [2.45, 2.75) is 13.0 Å². The van der Waals surface area contributed by atoms with Crippen LogP contribution < -0.4 is 5.48 Å². The molecule has 136 valence electrons. The molecule has 2 amide bonds. The number of amides is 2. The van der Waals surface area contributed by atoms with Gasteiger partial charge in [0.25, 0.3) is 11.8 Å². The molecule has 1 atom stereocenters. The molecule has 0 spiro atoms. The Balaban J connectivity index is 1.70. The molecule has 1 fully saturated rings. The van der Waals surface area contributed by atoms with Crippen molar-refractivity contribution in [1.82, 2.24) is 15.3 Å².